The van der Waals surface area contributed by atoms with E-state index in [1.807, 2.05) is 182 Å². The molecule has 488 valence electrons. The van der Waals surface area contributed by atoms with Crippen LogP contribution in [0.4, 0.5) is 34.1 Å². The second-order valence-corrected chi connectivity index (χ2v) is 26.0. The summed E-state index contributed by atoms with van der Waals surface area (Å²) in [6, 6.07) is 114. The summed E-state index contributed by atoms with van der Waals surface area (Å²) in [6.45, 7) is 0. The van der Waals surface area contributed by atoms with Gasteiger partial charge < -0.3 is 18.6 Å². The topological polar surface area (TPSA) is 32.8 Å². The highest BCUT2D eigenvalue weighted by Gasteiger charge is 2.20. The Morgan fingerprint density at radius 2 is 0.548 bits per heavy atom. The zero-order valence-corrected chi connectivity index (χ0v) is 56.1. The van der Waals surface area contributed by atoms with E-state index in [9.17, 15) is 5.48 Å². The van der Waals surface area contributed by atoms with Crippen LogP contribution in [0.25, 0.3) is 154 Å². The highest BCUT2D eigenvalue weighted by Crippen LogP contribution is 2.45. The monoisotopic (exact) mass is 1340 g/mol. The molecule has 0 bridgehead atoms. The molecule has 104 heavy (non-hydrogen) atoms. The first-order valence-electron chi connectivity index (χ1n) is 39.3. The van der Waals surface area contributed by atoms with E-state index in [0.29, 0.717) is 23.0 Å². The Labute approximate surface area is 615 Å². The van der Waals surface area contributed by atoms with Gasteiger partial charge in [0.05, 0.1) is 18.0 Å². The van der Waals surface area contributed by atoms with Crippen molar-refractivity contribution in [1.82, 2.24) is 0 Å². The third kappa shape index (κ3) is 11.5. The van der Waals surface area contributed by atoms with Gasteiger partial charge in [-0.05, 0) is 184 Å². The van der Waals surface area contributed by atoms with Crippen molar-refractivity contribution in [3.05, 3.63) is 400 Å². The van der Waals surface area contributed by atoms with E-state index in [4.69, 9.17) is 15.7 Å². The van der Waals surface area contributed by atoms with Crippen LogP contribution in [-0.4, -0.2) is 0 Å². The number of benzene rings is 18. The Morgan fingerprint density at radius 3 is 1.11 bits per heavy atom. The first kappa shape index (κ1) is 52.2. The molecule has 0 fully saturated rings. The molecule has 2 aromatic heterocycles. The number of para-hydroxylation sites is 4. The van der Waals surface area contributed by atoms with E-state index in [2.05, 4.69) is 163 Å². The van der Waals surface area contributed by atoms with Crippen molar-refractivity contribution in [2.75, 3.05) is 9.80 Å². The Balaban J connectivity index is 0.000000153. The van der Waals surface area contributed by atoms with Crippen LogP contribution in [0.2, 0.25) is 0 Å². The van der Waals surface area contributed by atoms with E-state index in [0.717, 1.165) is 138 Å². The van der Waals surface area contributed by atoms with Gasteiger partial charge >= 0.3 is 0 Å². The maximum Gasteiger partial charge on any atom is 0.143 e. The number of hydrogen-bond acceptors (Lipinski definition) is 4. The minimum absolute atomic E-state index is 0.0275. The average Bonchev–Trinajstić information content (AvgIpc) is 1.12. The molecule has 0 aliphatic carbocycles. The molecule has 0 spiro atoms. The summed E-state index contributed by atoms with van der Waals surface area (Å²) < 4.78 is 95.4. The standard InChI is InChI=1S/2C50H33NO/c1-3-10-40-32-42(21-20-34(40)8-1)38-18-16-36(17-19-38)37-22-27-43(28-23-37)51(45-31-24-35-9-2-4-11-41(35)33-45)44-29-25-39(26-30-44)46-13-7-14-48-47-12-5-6-15-49(47)52-50(46)48;1-2-11-40-33-41(24-23-34(40)9-1)37-21-19-35(20-22-37)36-25-29-42(30-26-36)51(48-17-7-12-38-10-3-4-13-44(38)48)43-31-27-39(28-32-43)45-15-8-16-47-46-14-5-6-18-49(46)52-50(45)47/h2*1-33H/i20D;19D,20D,21D,22D,25D,26D,29D,30D. The lowest BCUT2D eigenvalue weighted by atomic mass is 9.98. The van der Waals surface area contributed by atoms with E-state index in [1.165, 1.54) is 10.8 Å². The Bertz CT molecular complexity index is 7120. The van der Waals surface area contributed by atoms with Crippen LogP contribution >= 0.6 is 0 Å². The lowest BCUT2D eigenvalue weighted by molar-refractivity contribution is 0.669. The van der Waals surface area contributed by atoms with Gasteiger partial charge in [0, 0.05) is 66.5 Å². The Hall–Kier alpha value is -13.8. The molecule has 0 unspecified atom stereocenters. The van der Waals surface area contributed by atoms with Crippen LogP contribution in [0.15, 0.2) is 409 Å². The number of hydrogen-bond donors (Lipinski definition) is 0. The summed E-state index contributed by atoms with van der Waals surface area (Å²) in [5.74, 6) is 0. The molecule has 0 atom stereocenters. The van der Waals surface area contributed by atoms with Gasteiger partial charge in [-0.2, -0.15) is 0 Å². The van der Waals surface area contributed by atoms with Gasteiger partial charge in [0.25, 0.3) is 0 Å². The van der Waals surface area contributed by atoms with Crippen LogP contribution in [0, 0.1) is 0 Å². The molecule has 0 aliphatic rings. The molecule has 20 rings (SSSR count). The summed E-state index contributed by atoms with van der Waals surface area (Å²) >= 11 is 0. The van der Waals surface area contributed by atoms with Crippen molar-refractivity contribution in [3.8, 4) is 66.8 Å². The SMILES string of the molecule is [2H]c1c([2H])c(-c2c([2H])c([2H])c(N(c3ccc(-c4cccc5c4oc4ccccc45)cc3)c3cccc4ccccc34)c([2H])c2[2H])c([2H])c([2H])c1-c1ccc2ccccc2c1.[2H]c1cc(-c2ccc(-c3ccc(N(c4ccc(-c5cccc6c5oc5ccccc56)cc4)c4ccc5ccccc5c4)cc3)cc2)cc2ccccc12. The average molecular weight is 1340 g/mol. The molecule has 0 amide bonds. The number of nitrogens with zero attached hydrogens (tertiary/aromatic N) is 2. The molecule has 0 saturated heterocycles. The minimum atomic E-state index is -0.483. The third-order valence-corrected chi connectivity index (χ3v) is 19.8. The lowest BCUT2D eigenvalue weighted by Crippen LogP contribution is -2.10. The molecule has 0 saturated carbocycles. The van der Waals surface area contributed by atoms with Crippen molar-refractivity contribution >= 4 is 121 Å². The van der Waals surface area contributed by atoms with Gasteiger partial charge in [-0.3, -0.25) is 0 Å². The van der Waals surface area contributed by atoms with Crippen LogP contribution < -0.4 is 9.80 Å². The van der Waals surface area contributed by atoms with Crippen LogP contribution in [0.3, 0.4) is 0 Å². The van der Waals surface area contributed by atoms with E-state index in [1.54, 1.807) is 11.0 Å². The van der Waals surface area contributed by atoms with E-state index >= 15 is 0 Å². The first-order valence-corrected chi connectivity index (χ1v) is 34.8. The molecule has 18 aromatic carbocycles. The zero-order chi connectivity index (χ0) is 76.7. The Morgan fingerprint density at radius 1 is 0.192 bits per heavy atom. The van der Waals surface area contributed by atoms with Crippen molar-refractivity contribution in [2.24, 2.45) is 0 Å². The molecule has 0 radical (unpaired) electrons. The van der Waals surface area contributed by atoms with Crippen LogP contribution in [-0.2, 0) is 0 Å². The number of rotatable bonds is 12. The second kappa shape index (κ2) is 26.4. The molecular formula is C100H66N2O2. The predicted octanol–water partition coefficient (Wildman–Crippen LogP) is 28.7. The first-order chi connectivity index (χ1) is 55.3. The van der Waals surface area contributed by atoms with Crippen molar-refractivity contribution in [3.63, 3.8) is 0 Å². The fourth-order valence-electron chi connectivity index (χ4n) is 14.5. The molecule has 0 aliphatic heterocycles. The second-order valence-electron chi connectivity index (χ2n) is 26.0. The quantitative estimate of drug-likeness (QED) is 0.122. The predicted molar refractivity (Wildman–Crippen MR) is 439 cm³/mol. The van der Waals surface area contributed by atoms with Gasteiger partial charge in [0.1, 0.15) is 22.3 Å². The summed E-state index contributed by atoms with van der Waals surface area (Å²) in [7, 11) is 0. The summed E-state index contributed by atoms with van der Waals surface area (Å²) in [5, 5.41) is 12.3. The highest BCUT2D eigenvalue weighted by molar-refractivity contribution is 6.11. The van der Waals surface area contributed by atoms with Crippen molar-refractivity contribution in [1.29, 1.82) is 0 Å². The van der Waals surface area contributed by atoms with E-state index < -0.39 is 36.3 Å². The smallest absolute Gasteiger partial charge is 0.143 e. The van der Waals surface area contributed by atoms with Gasteiger partial charge in [0.15, 0.2) is 0 Å². The Kier molecular flexibility index (Phi) is 13.3. The number of furan rings is 2. The normalized spacial score (nSPS) is 12.7. The van der Waals surface area contributed by atoms with Gasteiger partial charge in [-0.15, -0.1) is 0 Å². The van der Waals surface area contributed by atoms with Gasteiger partial charge in [-0.25, -0.2) is 0 Å². The fourth-order valence-corrected chi connectivity index (χ4v) is 14.5. The third-order valence-electron chi connectivity index (χ3n) is 19.8. The number of anilines is 6. The largest absolute Gasteiger partial charge is 0.455 e. The highest BCUT2D eigenvalue weighted by atomic mass is 16.3. The minimum Gasteiger partial charge on any atom is -0.455 e. The van der Waals surface area contributed by atoms with E-state index in [-0.39, 0.29) is 34.5 Å². The molecular weight excluding hydrogens is 1260 g/mol. The molecule has 4 heteroatoms. The summed E-state index contributed by atoms with van der Waals surface area (Å²) in [4.78, 5) is 4.04. The fraction of sp³-hybridized carbons (Fsp3) is 0. The molecule has 2 heterocycles. The summed E-state index contributed by atoms with van der Waals surface area (Å²) in [6.07, 6.45) is 0. The van der Waals surface area contributed by atoms with Gasteiger partial charge in [0.2, 0.25) is 0 Å². The summed E-state index contributed by atoms with van der Waals surface area (Å²) in [5.41, 5.74) is 16.2. The maximum atomic E-state index is 9.52. The van der Waals surface area contributed by atoms with Crippen molar-refractivity contribution < 1.29 is 21.2 Å². The van der Waals surface area contributed by atoms with Crippen LogP contribution in [0.5, 0.6) is 0 Å². The van der Waals surface area contributed by atoms with Crippen LogP contribution in [0.1, 0.15) is 12.3 Å². The lowest BCUT2D eigenvalue weighted by Gasteiger charge is -2.27. The zero-order valence-electron chi connectivity index (χ0n) is 65.1. The molecule has 0 N–H and O–H groups in total. The van der Waals surface area contributed by atoms with Crippen molar-refractivity contribution in [2.45, 2.75) is 0 Å². The maximum absolute atomic E-state index is 9.52. The van der Waals surface area contributed by atoms with Gasteiger partial charge in [-0.1, -0.05) is 309 Å². The number of fused-ring (bicyclic) bond motifs is 10. The molecule has 20 aromatic rings. The molecule has 4 nitrogen and oxygen atoms in total.